The van der Waals surface area contributed by atoms with Crippen LogP contribution in [0.2, 0.25) is 0 Å². The molecule has 0 atom stereocenters. The summed E-state index contributed by atoms with van der Waals surface area (Å²) in [7, 11) is 0. The molecule has 3 heterocycles. The predicted molar refractivity (Wildman–Crippen MR) is 235 cm³/mol. The molecule has 0 radical (unpaired) electrons. The standard InChI is InChI=1S/C53H37N3/c1-34-11-8-16-41(27-34)56-50-24-23-38(30-49(50)43-25-26-54-33-51(43)56)36-14-9-15-37(28-36)39-29-40(32-55-31-39)52-45-18-4-6-20-47(45)53(48-21-7-5-19-46(48)52)44-22-10-13-35-12-2-3-17-42(35)44/h2,4-16,18-33H,3,17H2,1H3. The molecule has 56 heavy (non-hydrogen) atoms. The summed E-state index contributed by atoms with van der Waals surface area (Å²) in [5.41, 5.74) is 17.0. The van der Waals surface area contributed by atoms with Crippen molar-refractivity contribution in [1.29, 1.82) is 0 Å². The first-order valence-electron chi connectivity index (χ1n) is 19.4. The summed E-state index contributed by atoms with van der Waals surface area (Å²) in [6.07, 6.45) is 14.6. The van der Waals surface area contributed by atoms with Crippen molar-refractivity contribution < 1.29 is 0 Å². The second kappa shape index (κ2) is 13.0. The van der Waals surface area contributed by atoms with Crippen LogP contribution in [0.25, 0.3) is 99.6 Å². The Labute approximate surface area is 325 Å². The van der Waals surface area contributed by atoms with Gasteiger partial charge in [-0.1, -0.05) is 115 Å². The molecule has 0 N–H and O–H groups in total. The van der Waals surface area contributed by atoms with Crippen LogP contribution >= 0.6 is 0 Å². The molecule has 0 saturated carbocycles. The van der Waals surface area contributed by atoms with Gasteiger partial charge in [0.15, 0.2) is 0 Å². The van der Waals surface area contributed by atoms with Gasteiger partial charge in [-0.3, -0.25) is 9.97 Å². The number of benzene rings is 7. The van der Waals surface area contributed by atoms with E-state index in [1.54, 1.807) is 0 Å². The third-order valence-corrected chi connectivity index (χ3v) is 11.7. The van der Waals surface area contributed by atoms with E-state index in [0.29, 0.717) is 0 Å². The number of aryl methyl sites for hydroxylation is 1. The van der Waals surface area contributed by atoms with Gasteiger partial charge in [0.2, 0.25) is 0 Å². The quantitative estimate of drug-likeness (QED) is 0.166. The van der Waals surface area contributed by atoms with Gasteiger partial charge in [0.1, 0.15) is 0 Å². The maximum Gasteiger partial charge on any atom is 0.0724 e. The number of hydrogen-bond acceptors (Lipinski definition) is 2. The number of fused-ring (bicyclic) bond motifs is 6. The fourth-order valence-corrected chi connectivity index (χ4v) is 9.15. The molecule has 0 fully saturated rings. The van der Waals surface area contributed by atoms with E-state index in [9.17, 15) is 0 Å². The normalized spacial score (nSPS) is 12.5. The molecule has 3 aromatic heterocycles. The molecule has 3 heteroatoms. The van der Waals surface area contributed by atoms with Crippen LogP contribution in [0.1, 0.15) is 23.1 Å². The Morgan fingerprint density at radius 2 is 1.18 bits per heavy atom. The lowest BCUT2D eigenvalue weighted by molar-refractivity contribution is 0.988. The molecule has 0 unspecified atom stereocenters. The fourth-order valence-electron chi connectivity index (χ4n) is 9.15. The van der Waals surface area contributed by atoms with Crippen molar-refractivity contribution in [2.45, 2.75) is 19.8 Å². The lowest BCUT2D eigenvalue weighted by Crippen LogP contribution is -1.99. The first-order valence-corrected chi connectivity index (χ1v) is 19.4. The third-order valence-electron chi connectivity index (χ3n) is 11.7. The average molecular weight is 716 g/mol. The van der Waals surface area contributed by atoms with Crippen molar-refractivity contribution in [3.8, 4) is 50.2 Å². The van der Waals surface area contributed by atoms with Crippen molar-refractivity contribution in [2.75, 3.05) is 0 Å². The van der Waals surface area contributed by atoms with E-state index >= 15 is 0 Å². The molecule has 11 rings (SSSR count). The molecule has 0 spiro atoms. The van der Waals surface area contributed by atoms with Gasteiger partial charge in [-0.2, -0.15) is 0 Å². The number of allylic oxidation sites excluding steroid dienone is 1. The van der Waals surface area contributed by atoms with Gasteiger partial charge in [0.05, 0.1) is 17.2 Å². The Hall–Kier alpha value is -7.10. The maximum atomic E-state index is 4.89. The summed E-state index contributed by atoms with van der Waals surface area (Å²) in [6, 6.07) is 53.4. The lowest BCUT2D eigenvalue weighted by Gasteiger charge is -2.21. The summed E-state index contributed by atoms with van der Waals surface area (Å²) < 4.78 is 2.33. The van der Waals surface area contributed by atoms with Crippen molar-refractivity contribution in [1.82, 2.24) is 14.5 Å². The van der Waals surface area contributed by atoms with Gasteiger partial charge in [-0.05, 0) is 134 Å². The topological polar surface area (TPSA) is 30.7 Å². The minimum atomic E-state index is 1.06. The van der Waals surface area contributed by atoms with Crippen LogP contribution < -0.4 is 0 Å². The number of aromatic nitrogens is 3. The molecule has 3 nitrogen and oxygen atoms in total. The van der Waals surface area contributed by atoms with E-state index in [4.69, 9.17) is 4.98 Å². The number of hydrogen-bond donors (Lipinski definition) is 0. The van der Waals surface area contributed by atoms with Crippen molar-refractivity contribution in [2.24, 2.45) is 0 Å². The Bertz CT molecular complexity index is 3160. The van der Waals surface area contributed by atoms with Gasteiger partial charge in [0, 0.05) is 46.2 Å². The van der Waals surface area contributed by atoms with Crippen LogP contribution in [0, 0.1) is 6.92 Å². The van der Waals surface area contributed by atoms with Gasteiger partial charge in [-0.25, -0.2) is 0 Å². The molecular formula is C53H37N3. The van der Waals surface area contributed by atoms with Gasteiger partial charge < -0.3 is 4.57 Å². The number of pyridine rings is 2. The molecule has 0 amide bonds. The van der Waals surface area contributed by atoms with E-state index in [-0.39, 0.29) is 0 Å². The lowest BCUT2D eigenvalue weighted by atomic mass is 9.82. The zero-order chi connectivity index (χ0) is 37.2. The maximum absolute atomic E-state index is 4.89. The molecule has 0 aliphatic heterocycles. The van der Waals surface area contributed by atoms with E-state index in [1.165, 1.54) is 82.3 Å². The van der Waals surface area contributed by atoms with Crippen LogP contribution in [0.5, 0.6) is 0 Å². The Morgan fingerprint density at radius 1 is 0.482 bits per heavy atom. The number of nitrogens with zero attached hydrogens (tertiary/aromatic N) is 3. The highest BCUT2D eigenvalue weighted by atomic mass is 15.0. The molecule has 1 aliphatic rings. The second-order valence-electron chi connectivity index (χ2n) is 15.0. The van der Waals surface area contributed by atoms with Gasteiger partial charge in [0.25, 0.3) is 0 Å². The van der Waals surface area contributed by atoms with Crippen molar-refractivity contribution >= 4 is 49.4 Å². The molecule has 7 aromatic carbocycles. The average Bonchev–Trinajstić information content (AvgIpc) is 3.59. The Morgan fingerprint density at radius 3 is 1.98 bits per heavy atom. The summed E-state index contributed by atoms with van der Waals surface area (Å²) in [4.78, 5) is 9.40. The Balaban J connectivity index is 1.04. The highest BCUT2D eigenvalue weighted by Gasteiger charge is 2.20. The SMILES string of the molecule is Cc1cccc(-n2c3ccc(-c4cccc(-c5cncc(-c6c7ccccc7c(-c7cccc8c7CCC=C8)c7ccccc67)c5)c4)cc3c3ccncc32)c1. The predicted octanol–water partition coefficient (Wildman–Crippen LogP) is 13.8. The zero-order valence-corrected chi connectivity index (χ0v) is 31.1. The van der Waals surface area contributed by atoms with E-state index in [0.717, 1.165) is 40.7 Å². The molecule has 0 saturated heterocycles. The monoisotopic (exact) mass is 715 g/mol. The largest absolute Gasteiger partial charge is 0.308 e. The van der Waals surface area contributed by atoms with Crippen molar-refractivity contribution in [3.05, 3.63) is 193 Å². The van der Waals surface area contributed by atoms with Crippen LogP contribution in [0.15, 0.2) is 176 Å². The van der Waals surface area contributed by atoms with E-state index in [1.807, 2.05) is 24.8 Å². The molecule has 1 aliphatic carbocycles. The second-order valence-corrected chi connectivity index (χ2v) is 15.0. The fraction of sp³-hybridized carbons (Fsp3) is 0.0566. The smallest absolute Gasteiger partial charge is 0.0724 e. The van der Waals surface area contributed by atoms with Gasteiger partial charge >= 0.3 is 0 Å². The molecule has 264 valence electrons. The van der Waals surface area contributed by atoms with Crippen molar-refractivity contribution in [3.63, 3.8) is 0 Å². The highest BCUT2D eigenvalue weighted by molar-refractivity contribution is 6.22. The van der Waals surface area contributed by atoms with E-state index in [2.05, 4.69) is 174 Å². The molecular weight excluding hydrogens is 679 g/mol. The summed E-state index contributed by atoms with van der Waals surface area (Å²) in [5.74, 6) is 0. The zero-order valence-electron chi connectivity index (χ0n) is 31.1. The van der Waals surface area contributed by atoms with Crippen LogP contribution in [-0.2, 0) is 6.42 Å². The highest BCUT2D eigenvalue weighted by Crippen LogP contribution is 2.46. The molecule has 0 bridgehead atoms. The minimum Gasteiger partial charge on any atom is -0.308 e. The Kier molecular flexibility index (Phi) is 7.53. The first-order chi connectivity index (χ1) is 27.7. The molecule has 10 aromatic rings. The van der Waals surface area contributed by atoms with Gasteiger partial charge in [-0.15, -0.1) is 0 Å². The van der Waals surface area contributed by atoms with Crippen LogP contribution in [-0.4, -0.2) is 14.5 Å². The number of rotatable bonds is 5. The third kappa shape index (κ3) is 5.20. The minimum absolute atomic E-state index is 1.06. The van der Waals surface area contributed by atoms with Crippen LogP contribution in [0.4, 0.5) is 0 Å². The first kappa shape index (κ1) is 32.3. The summed E-state index contributed by atoms with van der Waals surface area (Å²) in [5, 5.41) is 7.43. The summed E-state index contributed by atoms with van der Waals surface area (Å²) in [6.45, 7) is 2.14. The van der Waals surface area contributed by atoms with Crippen LogP contribution in [0.3, 0.4) is 0 Å². The summed E-state index contributed by atoms with van der Waals surface area (Å²) >= 11 is 0. The van der Waals surface area contributed by atoms with E-state index < -0.39 is 0 Å².